The molecular formula is C8H9KO3Te. The third-order valence-electron chi connectivity index (χ3n) is 1.29. The zero-order valence-corrected chi connectivity index (χ0v) is 8.81. The van der Waals surface area contributed by atoms with Gasteiger partial charge in [-0.2, -0.15) is 0 Å². The Kier molecular flexibility index (Phi) is 7.99. The van der Waals surface area contributed by atoms with Gasteiger partial charge in [-0.3, -0.25) is 0 Å². The molecule has 0 amide bonds. The first kappa shape index (κ1) is 14.1. The summed E-state index contributed by atoms with van der Waals surface area (Å²) >= 11 is -0.777. The van der Waals surface area contributed by atoms with Gasteiger partial charge in [-0.05, 0) is 0 Å². The van der Waals surface area contributed by atoms with Gasteiger partial charge in [-0.15, -0.1) is 0 Å². The molecule has 0 saturated carbocycles. The van der Waals surface area contributed by atoms with Gasteiger partial charge in [0, 0.05) is 0 Å². The monoisotopic (exact) mass is 322 g/mol. The van der Waals surface area contributed by atoms with E-state index in [0.717, 1.165) is 3.61 Å². The Hall–Kier alpha value is 1.08. The zero-order chi connectivity index (χ0) is 8.97. The number of carbonyl (C=O) groups is 1. The van der Waals surface area contributed by atoms with Gasteiger partial charge in [0.2, 0.25) is 0 Å². The normalized spacial score (nSPS) is 9.00. The molecule has 0 radical (unpaired) electrons. The zero-order valence-electron chi connectivity index (χ0n) is 6.48. The minimum atomic E-state index is -0.882. The summed E-state index contributed by atoms with van der Waals surface area (Å²) in [5.41, 5.74) is 0.363. The van der Waals surface area contributed by atoms with E-state index in [4.69, 9.17) is 8.21 Å². The quantitative estimate of drug-likeness (QED) is 0.773. The molecule has 13 heavy (non-hydrogen) atoms. The topological polar surface area (TPSA) is 46.5 Å². The Labute approximate surface area is 130 Å². The van der Waals surface area contributed by atoms with Crippen LogP contribution in [0.1, 0.15) is 10.4 Å². The summed E-state index contributed by atoms with van der Waals surface area (Å²) in [5, 5.41) is 8.76. The fourth-order valence-corrected chi connectivity index (χ4v) is 2.40. The Balaban J connectivity index is 0.00000144. The summed E-state index contributed by atoms with van der Waals surface area (Å²) in [6, 6.07) is 6.94. The van der Waals surface area contributed by atoms with E-state index in [0.29, 0.717) is 5.56 Å². The van der Waals surface area contributed by atoms with Crippen LogP contribution in [-0.2, 0) is 3.10 Å². The van der Waals surface area contributed by atoms with Crippen LogP contribution in [-0.4, -0.2) is 90.9 Å². The Morgan fingerprint density at radius 2 is 2.08 bits per heavy atom. The van der Waals surface area contributed by atoms with Crippen molar-refractivity contribution in [3.63, 3.8) is 0 Å². The van der Waals surface area contributed by atoms with E-state index >= 15 is 0 Å². The fourth-order valence-electron chi connectivity index (χ4n) is 0.806. The predicted molar refractivity (Wildman–Crippen MR) is 52.9 cm³/mol. The maximum absolute atomic E-state index is 10.7. The van der Waals surface area contributed by atoms with Gasteiger partial charge < -0.3 is 0 Å². The van der Waals surface area contributed by atoms with Crippen LogP contribution in [0.15, 0.2) is 24.3 Å². The molecular weight excluding hydrogens is 311 g/mol. The van der Waals surface area contributed by atoms with Crippen LogP contribution in [0.2, 0.25) is 0 Å². The molecule has 0 aromatic heterocycles. The SMILES string of the molecule is CO[Te]c1ccccc1C(=O)O.[KH]. The van der Waals surface area contributed by atoms with Gasteiger partial charge in [0.1, 0.15) is 0 Å². The molecule has 0 aliphatic rings. The molecule has 0 unspecified atom stereocenters. The van der Waals surface area contributed by atoms with Crippen LogP contribution in [0.3, 0.4) is 0 Å². The van der Waals surface area contributed by atoms with Crippen LogP contribution < -0.4 is 3.61 Å². The third-order valence-corrected chi connectivity index (χ3v) is 3.29. The number of hydrogen-bond acceptors (Lipinski definition) is 2. The van der Waals surface area contributed by atoms with Crippen molar-refractivity contribution in [1.82, 2.24) is 0 Å². The molecule has 3 nitrogen and oxygen atoms in total. The molecule has 0 heterocycles. The minimum absolute atomic E-state index is 0. The van der Waals surface area contributed by atoms with Crippen molar-refractivity contribution in [2.75, 3.05) is 7.11 Å². The Morgan fingerprint density at radius 1 is 1.46 bits per heavy atom. The molecule has 0 atom stereocenters. The number of rotatable bonds is 3. The molecule has 1 aromatic rings. The summed E-state index contributed by atoms with van der Waals surface area (Å²) in [6.07, 6.45) is 0. The van der Waals surface area contributed by atoms with Crippen molar-refractivity contribution < 1.29 is 13.0 Å². The second-order valence-corrected chi connectivity index (χ2v) is 4.73. The van der Waals surface area contributed by atoms with Crippen molar-refractivity contribution in [3.8, 4) is 0 Å². The van der Waals surface area contributed by atoms with E-state index in [-0.39, 0.29) is 51.4 Å². The van der Waals surface area contributed by atoms with Gasteiger partial charge in [0.15, 0.2) is 0 Å². The van der Waals surface area contributed by atoms with E-state index < -0.39 is 27.3 Å². The molecule has 0 aliphatic heterocycles. The number of hydrogen-bond donors (Lipinski definition) is 1. The standard InChI is InChI=1S/C8H8O3Te.K.H/c1-11-12-7-5-3-2-4-6(7)8(9)10;;/h2-5H,1H3,(H,9,10);;. The van der Waals surface area contributed by atoms with E-state index in [2.05, 4.69) is 0 Å². The van der Waals surface area contributed by atoms with Gasteiger partial charge in [-0.25, -0.2) is 0 Å². The summed E-state index contributed by atoms with van der Waals surface area (Å²) < 4.78 is 5.82. The van der Waals surface area contributed by atoms with Crippen LogP contribution in [0, 0.1) is 0 Å². The van der Waals surface area contributed by atoms with Gasteiger partial charge in [0.25, 0.3) is 0 Å². The summed E-state index contributed by atoms with van der Waals surface area (Å²) in [6.45, 7) is 0. The molecule has 1 aromatic carbocycles. The van der Waals surface area contributed by atoms with Crippen LogP contribution >= 0.6 is 0 Å². The Morgan fingerprint density at radius 3 is 2.62 bits per heavy atom. The molecule has 1 N–H and O–H groups in total. The van der Waals surface area contributed by atoms with Crippen LogP contribution in [0.5, 0.6) is 0 Å². The van der Waals surface area contributed by atoms with Crippen molar-refractivity contribution in [2.45, 2.75) is 0 Å². The number of carboxylic acid groups (broad SMARTS) is 1. The second-order valence-electron chi connectivity index (χ2n) is 2.05. The van der Waals surface area contributed by atoms with Gasteiger partial charge >= 0.3 is 132 Å². The molecule has 0 saturated heterocycles. The molecule has 5 heteroatoms. The molecule has 1 rings (SSSR count). The number of benzene rings is 1. The molecule has 0 bridgehead atoms. The molecule has 0 fully saturated rings. The third kappa shape index (κ3) is 4.41. The summed E-state index contributed by atoms with van der Waals surface area (Å²) in [5.74, 6) is -0.882. The predicted octanol–water partition coefficient (Wildman–Crippen LogP) is -0.373. The van der Waals surface area contributed by atoms with Gasteiger partial charge in [0.05, 0.1) is 0 Å². The maximum atomic E-state index is 10.7. The molecule has 0 spiro atoms. The van der Waals surface area contributed by atoms with Crippen LogP contribution in [0.4, 0.5) is 0 Å². The first-order valence-corrected chi connectivity index (χ1v) is 5.40. The average molecular weight is 320 g/mol. The fraction of sp³-hybridized carbons (Fsp3) is 0.125. The molecule has 66 valence electrons. The Bertz CT molecular complexity index is 290. The molecule has 0 aliphatic carbocycles. The number of carboxylic acids is 1. The average Bonchev–Trinajstić information content (AvgIpc) is 2.05. The number of aromatic carboxylic acids is 1. The van der Waals surface area contributed by atoms with E-state index in [1.165, 1.54) is 0 Å². The van der Waals surface area contributed by atoms with E-state index in [9.17, 15) is 4.79 Å². The van der Waals surface area contributed by atoms with Crippen molar-refractivity contribution in [3.05, 3.63) is 29.8 Å². The van der Waals surface area contributed by atoms with Gasteiger partial charge in [-0.1, -0.05) is 0 Å². The first-order chi connectivity index (χ1) is 5.75. The van der Waals surface area contributed by atoms with Crippen molar-refractivity contribution in [1.29, 1.82) is 0 Å². The summed E-state index contributed by atoms with van der Waals surface area (Å²) in [7, 11) is 1.60. The van der Waals surface area contributed by atoms with E-state index in [1.807, 2.05) is 6.07 Å². The van der Waals surface area contributed by atoms with Crippen molar-refractivity contribution in [2.24, 2.45) is 0 Å². The van der Waals surface area contributed by atoms with Crippen LogP contribution in [0.25, 0.3) is 0 Å². The second kappa shape index (κ2) is 7.38. The van der Waals surface area contributed by atoms with E-state index in [1.54, 1.807) is 25.3 Å². The first-order valence-electron chi connectivity index (χ1n) is 3.28. The van der Waals surface area contributed by atoms with Crippen molar-refractivity contribution >= 4 is 82.3 Å². The summed E-state index contributed by atoms with van der Waals surface area (Å²) in [4.78, 5) is 10.7.